The SMILES string of the molecule is CCc1cc(NCc2ccc(Cl)c(Cl)c2)ccc1C(=O)O. The van der Waals surface area contributed by atoms with Gasteiger partial charge in [-0.2, -0.15) is 0 Å². The lowest BCUT2D eigenvalue weighted by Gasteiger charge is -2.10. The third kappa shape index (κ3) is 3.90. The molecular weight excluding hydrogens is 309 g/mol. The fourth-order valence-electron chi connectivity index (χ4n) is 2.06. The Balaban J connectivity index is 2.13. The third-order valence-electron chi connectivity index (χ3n) is 3.20. The van der Waals surface area contributed by atoms with Gasteiger partial charge in [0.2, 0.25) is 0 Å². The molecule has 0 radical (unpaired) electrons. The zero-order valence-electron chi connectivity index (χ0n) is 11.5. The number of halogens is 2. The van der Waals surface area contributed by atoms with Crippen molar-refractivity contribution in [1.29, 1.82) is 0 Å². The lowest BCUT2D eigenvalue weighted by molar-refractivity contribution is 0.0696. The fourth-order valence-corrected chi connectivity index (χ4v) is 2.38. The molecule has 0 aliphatic rings. The molecule has 0 spiro atoms. The standard InChI is InChI=1S/C16H15Cl2NO2/c1-2-11-8-12(4-5-13(11)16(20)21)19-9-10-3-6-14(17)15(18)7-10/h3-8,19H,2,9H2,1H3,(H,20,21). The number of carbonyl (C=O) groups is 1. The summed E-state index contributed by atoms with van der Waals surface area (Å²) in [6.07, 6.45) is 0.671. The molecule has 2 N–H and O–H groups in total. The smallest absolute Gasteiger partial charge is 0.335 e. The predicted octanol–water partition coefficient (Wildman–Crippen LogP) is 4.87. The summed E-state index contributed by atoms with van der Waals surface area (Å²) in [5.41, 5.74) is 3.03. The van der Waals surface area contributed by atoms with Gasteiger partial charge in [0.25, 0.3) is 0 Å². The van der Waals surface area contributed by atoms with E-state index in [0.29, 0.717) is 28.6 Å². The lowest BCUT2D eigenvalue weighted by Crippen LogP contribution is -2.04. The van der Waals surface area contributed by atoms with Crippen molar-refractivity contribution in [3.8, 4) is 0 Å². The Bertz CT molecular complexity index is 671. The van der Waals surface area contributed by atoms with E-state index in [-0.39, 0.29) is 0 Å². The first-order chi connectivity index (χ1) is 10.0. The van der Waals surface area contributed by atoms with Gasteiger partial charge in [-0.3, -0.25) is 0 Å². The number of aryl methyl sites for hydroxylation is 1. The minimum Gasteiger partial charge on any atom is -0.478 e. The zero-order valence-corrected chi connectivity index (χ0v) is 13.0. The maximum atomic E-state index is 11.1. The second kappa shape index (κ2) is 6.83. The molecule has 0 bridgehead atoms. The van der Waals surface area contributed by atoms with E-state index in [1.54, 1.807) is 18.2 Å². The van der Waals surface area contributed by atoms with Crippen LogP contribution in [-0.2, 0) is 13.0 Å². The van der Waals surface area contributed by atoms with E-state index in [1.165, 1.54) is 0 Å². The molecule has 3 nitrogen and oxygen atoms in total. The molecule has 2 rings (SSSR count). The number of rotatable bonds is 5. The molecule has 0 unspecified atom stereocenters. The average Bonchev–Trinajstić information content (AvgIpc) is 2.48. The van der Waals surface area contributed by atoms with Gasteiger partial charge in [-0.25, -0.2) is 4.79 Å². The van der Waals surface area contributed by atoms with Crippen molar-refractivity contribution in [3.05, 3.63) is 63.1 Å². The van der Waals surface area contributed by atoms with E-state index in [2.05, 4.69) is 5.32 Å². The number of benzene rings is 2. The van der Waals surface area contributed by atoms with Crippen molar-refractivity contribution in [2.24, 2.45) is 0 Å². The van der Waals surface area contributed by atoms with E-state index in [9.17, 15) is 4.79 Å². The topological polar surface area (TPSA) is 49.3 Å². The molecule has 2 aromatic carbocycles. The Kier molecular flexibility index (Phi) is 5.10. The van der Waals surface area contributed by atoms with Crippen LogP contribution in [0.5, 0.6) is 0 Å². The van der Waals surface area contributed by atoms with Crippen LogP contribution in [0.2, 0.25) is 10.0 Å². The van der Waals surface area contributed by atoms with Crippen molar-refractivity contribution in [2.75, 3.05) is 5.32 Å². The van der Waals surface area contributed by atoms with E-state index >= 15 is 0 Å². The van der Waals surface area contributed by atoms with Crippen LogP contribution in [0, 0.1) is 0 Å². The fraction of sp³-hybridized carbons (Fsp3) is 0.188. The normalized spacial score (nSPS) is 10.4. The molecule has 0 amide bonds. The second-order valence-corrected chi connectivity index (χ2v) is 5.45. The summed E-state index contributed by atoms with van der Waals surface area (Å²) in [4.78, 5) is 11.1. The number of hydrogen-bond donors (Lipinski definition) is 2. The molecule has 0 aliphatic heterocycles. The molecule has 0 saturated carbocycles. The quantitative estimate of drug-likeness (QED) is 0.825. The second-order valence-electron chi connectivity index (χ2n) is 4.63. The Labute approximate surface area is 133 Å². The van der Waals surface area contributed by atoms with Crippen molar-refractivity contribution >= 4 is 34.9 Å². The Morgan fingerprint density at radius 3 is 2.52 bits per heavy atom. The van der Waals surface area contributed by atoms with Crippen LogP contribution in [0.1, 0.15) is 28.4 Å². The molecule has 0 aliphatic carbocycles. The number of nitrogens with one attached hydrogen (secondary N) is 1. The van der Waals surface area contributed by atoms with Gasteiger partial charge in [0.15, 0.2) is 0 Å². The van der Waals surface area contributed by atoms with Gasteiger partial charge >= 0.3 is 5.97 Å². The highest BCUT2D eigenvalue weighted by Crippen LogP contribution is 2.23. The van der Waals surface area contributed by atoms with Crippen LogP contribution in [0.25, 0.3) is 0 Å². The van der Waals surface area contributed by atoms with Crippen molar-refractivity contribution < 1.29 is 9.90 Å². The van der Waals surface area contributed by atoms with E-state index in [1.807, 2.05) is 25.1 Å². The molecule has 5 heteroatoms. The highest BCUT2D eigenvalue weighted by atomic mass is 35.5. The molecule has 110 valence electrons. The third-order valence-corrected chi connectivity index (χ3v) is 3.94. The van der Waals surface area contributed by atoms with Gasteiger partial charge < -0.3 is 10.4 Å². The summed E-state index contributed by atoms with van der Waals surface area (Å²) in [6.45, 7) is 2.52. The number of hydrogen-bond acceptors (Lipinski definition) is 2. The monoisotopic (exact) mass is 323 g/mol. The summed E-state index contributed by atoms with van der Waals surface area (Å²) in [6, 6.07) is 10.7. The van der Waals surface area contributed by atoms with Gasteiger partial charge in [-0.1, -0.05) is 36.2 Å². The van der Waals surface area contributed by atoms with Gasteiger partial charge in [-0.05, 0) is 47.9 Å². The minimum absolute atomic E-state index is 0.345. The average molecular weight is 324 g/mol. The van der Waals surface area contributed by atoms with Gasteiger partial charge in [-0.15, -0.1) is 0 Å². The van der Waals surface area contributed by atoms with Crippen molar-refractivity contribution in [1.82, 2.24) is 0 Å². The summed E-state index contributed by atoms with van der Waals surface area (Å²) >= 11 is 11.9. The van der Waals surface area contributed by atoms with Crippen molar-refractivity contribution in [2.45, 2.75) is 19.9 Å². The summed E-state index contributed by atoms with van der Waals surface area (Å²) in [5.74, 6) is -0.900. The first-order valence-corrected chi connectivity index (χ1v) is 7.31. The minimum atomic E-state index is -0.900. The highest BCUT2D eigenvalue weighted by Gasteiger charge is 2.09. The molecule has 2 aromatic rings. The predicted molar refractivity (Wildman–Crippen MR) is 86.6 cm³/mol. The van der Waals surface area contributed by atoms with Gasteiger partial charge in [0.05, 0.1) is 15.6 Å². The van der Waals surface area contributed by atoms with Crippen LogP contribution in [0.3, 0.4) is 0 Å². The number of aromatic carboxylic acids is 1. The van der Waals surface area contributed by atoms with Gasteiger partial charge in [0.1, 0.15) is 0 Å². The zero-order chi connectivity index (χ0) is 15.4. The molecule has 21 heavy (non-hydrogen) atoms. The molecule has 0 aromatic heterocycles. The van der Waals surface area contributed by atoms with E-state index < -0.39 is 5.97 Å². The molecule has 0 fully saturated rings. The van der Waals surface area contributed by atoms with Crippen LogP contribution in [0.15, 0.2) is 36.4 Å². The van der Waals surface area contributed by atoms with E-state index in [0.717, 1.165) is 16.8 Å². The maximum Gasteiger partial charge on any atom is 0.335 e. The van der Waals surface area contributed by atoms with Crippen LogP contribution in [0.4, 0.5) is 5.69 Å². The Morgan fingerprint density at radius 2 is 1.90 bits per heavy atom. The largest absolute Gasteiger partial charge is 0.478 e. The molecule has 0 heterocycles. The van der Waals surface area contributed by atoms with Crippen molar-refractivity contribution in [3.63, 3.8) is 0 Å². The first kappa shape index (κ1) is 15.7. The molecule has 0 atom stereocenters. The van der Waals surface area contributed by atoms with Crippen LogP contribution < -0.4 is 5.32 Å². The van der Waals surface area contributed by atoms with Gasteiger partial charge in [0, 0.05) is 12.2 Å². The maximum absolute atomic E-state index is 11.1. The summed E-state index contributed by atoms with van der Waals surface area (Å²) in [5, 5.41) is 13.4. The first-order valence-electron chi connectivity index (χ1n) is 6.55. The summed E-state index contributed by atoms with van der Waals surface area (Å²) < 4.78 is 0. The summed E-state index contributed by atoms with van der Waals surface area (Å²) in [7, 11) is 0. The Hall–Kier alpha value is -1.71. The lowest BCUT2D eigenvalue weighted by atomic mass is 10.0. The van der Waals surface area contributed by atoms with E-state index in [4.69, 9.17) is 28.3 Å². The molecular formula is C16H15Cl2NO2. The Morgan fingerprint density at radius 1 is 1.14 bits per heavy atom. The van der Waals surface area contributed by atoms with Crippen LogP contribution >= 0.6 is 23.2 Å². The highest BCUT2D eigenvalue weighted by molar-refractivity contribution is 6.42. The number of carboxylic acids is 1. The molecule has 0 saturated heterocycles. The number of anilines is 1. The number of carboxylic acid groups (broad SMARTS) is 1. The van der Waals surface area contributed by atoms with Crippen LogP contribution in [-0.4, -0.2) is 11.1 Å².